The Morgan fingerprint density at radius 1 is 1.24 bits per heavy atom. The number of aliphatic hydroxyl groups is 1. The van der Waals surface area contributed by atoms with Gasteiger partial charge in [-0.3, -0.25) is 0 Å². The zero-order valence-corrected chi connectivity index (χ0v) is 11.1. The molecule has 1 aromatic carbocycles. The van der Waals surface area contributed by atoms with Gasteiger partial charge in [-0.2, -0.15) is 0 Å². The summed E-state index contributed by atoms with van der Waals surface area (Å²) in [5.41, 5.74) is 3.12. The van der Waals surface area contributed by atoms with E-state index in [1.807, 2.05) is 6.92 Å². The minimum atomic E-state index is -0.650. The summed E-state index contributed by atoms with van der Waals surface area (Å²) in [6, 6.07) is 7.15. The van der Waals surface area contributed by atoms with E-state index in [4.69, 9.17) is 0 Å². The summed E-state index contributed by atoms with van der Waals surface area (Å²) >= 11 is 0. The lowest BCUT2D eigenvalue weighted by Crippen LogP contribution is -2.40. The van der Waals surface area contributed by atoms with Gasteiger partial charge in [0, 0.05) is 19.0 Å². The van der Waals surface area contributed by atoms with E-state index >= 15 is 0 Å². The van der Waals surface area contributed by atoms with Gasteiger partial charge in [0.05, 0.1) is 5.60 Å². The molecule has 0 saturated heterocycles. The van der Waals surface area contributed by atoms with Crippen LogP contribution in [-0.4, -0.2) is 23.3 Å². The average molecular weight is 233 g/mol. The first kappa shape index (κ1) is 12.6. The van der Waals surface area contributed by atoms with Gasteiger partial charge in [0.2, 0.25) is 0 Å². The molecule has 1 aliphatic carbocycles. The molecular weight excluding hydrogens is 210 g/mol. The molecule has 1 aromatic rings. The Hall–Kier alpha value is -0.860. The smallest absolute Gasteiger partial charge is 0.0783 e. The first-order valence-electron chi connectivity index (χ1n) is 6.48. The molecule has 0 aromatic heterocycles. The molecule has 1 atom stereocenters. The molecule has 0 heterocycles. The van der Waals surface area contributed by atoms with Crippen LogP contribution in [0.15, 0.2) is 18.2 Å². The van der Waals surface area contributed by atoms with Gasteiger partial charge in [-0.1, -0.05) is 29.3 Å². The summed E-state index contributed by atoms with van der Waals surface area (Å²) in [4.78, 5) is 0. The molecule has 0 bridgehead atoms. The topological polar surface area (TPSA) is 32.3 Å². The fourth-order valence-electron chi connectivity index (χ4n) is 2.32. The maximum atomic E-state index is 10.4. The molecule has 2 N–H and O–H groups in total. The van der Waals surface area contributed by atoms with Crippen molar-refractivity contribution in [3.05, 3.63) is 34.9 Å². The molecule has 0 radical (unpaired) electrons. The predicted octanol–water partition coefficient (Wildman–Crippen LogP) is 2.35. The number of aryl methyl sites for hydroxylation is 2. The van der Waals surface area contributed by atoms with Crippen molar-refractivity contribution >= 4 is 0 Å². The maximum Gasteiger partial charge on any atom is 0.0783 e. The summed E-state index contributed by atoms with van der Waals surface area (Å²) in [5, 5.41) is 13.8. The van der Waals surface area contributed by atoms with E-state index in [1.165, 1.54) is 29.5 Å². The van der Waals surface area contributed by atoms with E-state index in [2.05, 4.69) is 37.4 Å². The van der Waals surface area contributed by atoms with Crippen LogP contribution in [0.25, 0.3) is 0 Å². The molecule has 0 amide bonds. The fraction of sp³-hybridized carbons (Fsp3) is 0.600. The van der Waals surface area contributed by atoms with Gasteiger partial charge in [-0.15, -0.1) is 0 Å². The first-order valence-corrected chi connectivity index (χ1v) is 6.48. The lowest BCUT2D eigenvalue weighted by molar-refractivity contribution is 0.0597. The van der Waals surface area contributed by atoms with Crippen LogP contribution in [0.2, 0.25) is 0 Å². The number of nitrogens with one attached hydrogen (secondary N) is 1. The molecule has 1 saturated carbocycles. The van der Waals surface area contributed by atoms with Crippen molar-refractivity contribution in [2.24, 2.45) is 0 Å². The number of hydrogen-bond donors (Lipinski definition) is 2. The Kier molecular flexibility index (Phi) is 3.55. The Balaban J connectivity index is 1.96. The molecule has 0 aliphatic heterocycles. The second-order valence-corrected chi connectivity index (χ2v) is 5.82. The second kappa shape index (κ2) is 4.79. The summed E-state index contributed by atoms with van der Waals surface area (Å²) in [6.07, 6.45) is 3.24. The van der Waals surface area contributed by atoms with Crippen LogP contribution < -0.4 is 5.32 Å². The Bertz CT molecular complexity index is 374. The first-order chi connectivity index (χ1) is 7.94. The van der Waals surface area contributed by atoms with Gasteiger partial charge in [0.15, 0.2) is 0 Å². The van der Waals surface area contributed by atoms with E-state index in [1.54, 1.807) is 0 Å². The predicted molar refractivity (Wildman–Crippen MR) is 71.3 cm³/mol. The van der Waals surface area contributed by atoms with Crippen molar-refractivity contribution in [2.75, 3.05) is 6.54 Å². The van der Waals surface area contributed by atoms with E-state index < -0.39 is 5.60 Å². The lowest BCUT2D eigenvalue weighted by atomic mass is 9.94. The minimum absolute atomic E-state index is 0.650. The van der Waals surface area contributed by atoms with Crippen molar-refractivity contribution in [2.45, 2.75) is 51.7 Å². The summed E-state index contributed by atoms with van der Waals surface area (Å²) in [5.74, 6) is 0. The number of hydrogen-bond acceptors (Lipinski definition) is 2. The molecule has 1 aliphatic rings. The van der Waals surface area contributed by atoms with Crippen LogP contribution in [0.3, 0.4) is 0 Å². The van der Waals surface area contributed by atoms with Crippen molar-refractivity contribution in [3.8, 4) is 0 Å². The van der Waals surface area contributed by atoms with E-state index in [-0.39, 0.29) is 0 Å². The van der Waals surface area contributed by atoms with Crippen molar-refractivity contribution < 1.29 is 5.11 Å². The molecule has 1 unspecified atom stereocenters. The normalized spacial score (nSPS) is 19.1. The molecular formula is C15H23NO. The van der Waals surface area contributed by atoms with E-state index in [9.17, 15) is 5.11 Å². The van der Waals surface area contributed by atoms with Crippen LogP contribution in [0.5, 0.6) is 0 Å². The van der Waals surface area contributed by atoms with Crippen LogP contribution in [-0.2, 0) is 6.42 Å². The Labute approximate surface area is 104 Å². The van der Waals surface area contributed by atoms with Crippen LogP contribution in [0, 0.1) is 13.8 Å². The SMILES string of the molecule is Cc1cc(C)cc(CC(C)(O)CNC2CC2)c1. The highest BCUT2D eigenvalue weighted by Crippen LogP contribution is 2.21. The Morgan fingerprint density at radius 2 is 1.82 bits per heavy atom. The zero-order chi connectivity index (χ0) is 12.5. The van der Waals surface area contributed by atoms with Gasteiger partial charge >= 0.3 is 0 Å². The average Bonchev–Trinajstić information content (AvgIpc) is 2.95. The standard InChI is InChI=1S/C15H23NO/c1-11-6-12(2)8-13(7-11)9-15(3,17)10-16-14-4-5-14/h6-8,14,16-17H,4-5,9-10H2,1-3H3. The zero-order valence-electron chi connectivity index (χ0n) is 11.1. The third-order valence-corrected chi connectivity index (χ3v) is 3.22. The Morgan fingerprint density at radius 3 is 2.35 bits per heavy atom. The van der Waals surface area contributed by atoms with Crippen molar-refractivity contribution in [3.63, 3.8) is 0 Å². The fourth-order valence-corrected chi connectivity index (χ4v) is 2.32. The quantitative estimate of drug-likeness (QED) is 0.818. The largest absolute Gasteiger partial charge is 0.389 e. The van der Waals surface area contributed by atoms with Gasteiger partial charge < -0.3 is 10.4 Å². The molecule has 2 rings (SSSR count). The minimum Gasteiger partial charge on any atom is -0.389 e. The van der Waals surface area contributed by atoms with Crippen molar-refractivity contribution in [1.82, 2.24) is 5.32 Å². The summed E-state index contributed by atoms with van der Waals surface area (Å²) in [6.45, 7) is 6.81. The molecule has 2 nitrogen and oxygen atoms in total. The van der Waals surface area contributed by atoms with Gasteiger partial charge in [-0.05, 0) is 39.2 Å². The van der Waals surface area contributed by atoms with Gasteiger partial charge in [-0.25, -0.2) is 0 Å². The highest BCUT2D eigenvalue weighted by molar-refractivity contribution is 5.29. The molecule has 0 spiro atoms. The van der Waals surface area contributed by atoms with E-state index in [0.29, 0.717) is 12.6 Å². The third kappa shape index (κ3) is 4.14. The lowest BCUT2D eigenvalue weighted by Gasteiger charge is -2.24. The van der Waals surface area contributed by atoms with Gasteiger partial charge in [0.1, 0.15) is 0 Å². The summed E-state index contributed by atoms with van der Waals surface area (Å²) < 4.78 is 0. The van der Waals surface area contributed by atoms with Crippen molar-refractivity contribution in [1.29, 1.82) is 0 Å². The molecule has 2 heteroatoms. The van der Waals surface area contributed by atoms with Crippen LogP contribution >= 0.6 is 0 Å². The molecule has 17 heavy (non-hydrogen) atoms. The number of benzene rings is 1. The van der Waals surface area contributed by atoms with Gasteiger partial charge in [0.25, 0.3) is 0 Å². The maximum absolute atomic E-state index is 10.4. The monoisotopic (exact) mass is 233 g/mol. The number of rotatable bonds is 5. The van der Waals surface area contributed by atoms with E-state index in [0.717, 1.165) is 6.42 Å². The van der Waals surface area contributed by atoms with Crippen LogP contribution in [0.1, 0.15) is 36.5 Å². The third-order valence-electron chi connectivity index (χ3n) is 3.22. The van der Waals surface area contributed by atoms with Crippen LogP contribution in [0.4, 0.5) is 0 Å². The molecule has 1 fully saturated rings. The molecule has 94 valence electrons. The highest BCUT2D eigenvalue weighted by atomic mass is 16.3. The highest BCUT2D eigenvalue weighted by Gasteiger charge is 2.26. The second-order valence-electron chi connectivity index (χ2n) is 5.82. The summed E-state index contributed by atoms with van der Waals surface area (Å²) in [7, 11) is 0.